The molecule has 2 aliphatic carbocycles. The Balaban J connectivity index is 1.44. The zero-order valence-corrected chi connectivity index (χ0v) is 26.5. The summed E-state index contributed by atoms with van der Waals surface area (Å²) in [6.07, 6.45) is 2.12. The van der Waals surface area contributed by atoms with Gasteiger partial charge in [0.05, 0.1) is 30.7 Å². The molecule has 1 aromatic carbocycles. The van der Waals surface area contributed by atoms with Crippen molar-refractivity contribution >= 4 is 29.3 Å². The number of aromatic nitrogens is 2. The third-order valence-corrected chi connectivity index (χ3v) is 10.2. The lowest BCUT2D eigenvalue weighted by Gasteiger charge is -2.34. The van der Waals surface area contributed by atoms with Gasteiger partial charge in [-0.25, -0.2) is 14.8 Å². The number of alkyl halides is 2. The quantitative estimate of drug-likeness (QED) is 0.449. The molecule has 4 aliphatic rings. The molecule has 2 aliphatic heterocycles. The molecule has 1 saturated heterocycles. The number of carbonyl (C=O) groups is 3. The second-order valence-electron chi connectivity index (χ2n) is 14.2. The van der Waals surface area contributed by atoms with E-state index in [0.29, 0.717) is 68.0 Å². The van der Waals surface area contributed by atoms with Gasteiger partial charge < -0.3 is 29.2 Å². The van der Waals surface area contributed by atoms with Gasteiger partial charge in [0, 0.05) is 17.4 Å². The summed E-state index contributed by atoms with van der Waals surface area (Å²) in [4.78, 5) is 50.0. The Morgan fingerprint density at radius 1 is 1.11 bits per heavy atom. The molecule has 244 valence electrons. The molecule has 2 saturated carbocycles. The van der Waals surface area contributed by atoms with Crippen LogP contribution in [0.4, 0.5) is 13.6 Å². The summed E-state index contributed by atoms with van der Waals surface area (Å²) >= 11 is 0. The molecule has 1 aromatic heterocycles. The van der Waals surface area contributed by atoms with Gasteiger partial charge in [-0.15, -0.1) is 0 Å². The normalized spacial score (nSPS) is 31.0. The third-order valence-electron chi connectivity index (χ3n) is 10.2. The number of nitrogens with one attached hydrogen (secondary N) is 1. The van der Waals surface area contributed by atoms with Crippen molar-refractivity contribution in [2.24, 2.45) is 22.7 Å². The molecule has 0 radical (unpaired) electrons. The van der Waals surface area contributed by atoms with Crippen LogP contribution in [0.2, 0.25) is 0 Å². The standard InChI is InChI=1S/C33H42F2N4O6/c1-6-20-23(17-40)39-16-25(20)44-28-26(36-21-10-9-19(43-5)15-22(21)37-28)33(34,35)32(12-13-32)11-7-8-18-14-24(18)45-30(42)38-27(29(39)41)31(2,3)4/h9-10,15,17-18,20,23-25,27H,6-8,11-14,16H2,1-5H3,(H,38,42)/t18-,20+,23-,24-,25+,27-/m1/s1. The summed E-state index contributed by atoms with van der Waals surface area (Å²) in [5.41, 5.74) is -1.89. The van der Waals surface area contributed by atoms with E-state index in [1.807, 2.05) is 27.7 Å². The van der Waals surface area contributed by atoms with Crippen LogP contribution in [0.15, 0.2) is 18.2 Å². The highest BCUT2D eigenvalue weighted by atomic mass is 19.3. The lowest BCUT2D eigenvalue weighted by atomic mass is 9.85. The topological polar surface area (TPSA) is 120 Å². The highest BCUT2D eigenvalue weighted by molar-refractivity contribution is 5.89. The van der Waals surface area contributed by atoms with E-state index in [4.69, 9.17) is 14.2 Å². The number of fused-ring (bicyclic) bond motifs is 5. The molecule has 45 heavy (non-hydrogen) atoms. The fourth-order valence-corrected chi connectivity index (χ4v) is 7.11. The van der Waals surface area contributed by atoms with Gasteiger partial charge in [0.1, 0.15) is 30.3 Å². The maximum atomic E-state index is 16.7. The summed E-state index contributed by atoms with van der Waals surface area (Å²) in [6, 6.07) is 2.98. The number of hydrogen-bond acceptors (Lipinski definition) is 8. The molecule has 2 bridgehead atoms. The first-order chi connectivity index (χ1) is 21.3. The molecule has 2 amide bonds. The van der Waals surface area contributed by atoms with E-state index in [0.717, 1.165) is 0 Å². The second-order valence-corrected chi connectivity index (χ2v) is 14.2. The van der Waals surface area contributed by atoms with Crippen molar-refractivity contribution in [3.05, 3.63) is 23.9 Å². The molecule has 0 unspecified atom stereocenters. The van der Waals surface area contributed by atoms with Crippen LogP contribution in [-0.4, -0.2) is 71.1 Å². The van der Waals surface area contributed by atoms with E-state index in [9.17, 15) is 14.4 Å². The lowest BCUT2D eigenvalue weighted by Crippen LogP contribution is -2.56. The van der Waals surface area contributed by atoms with E-state index in [-0.39, 0.29) is 24.4 Å². The van der Waals surface area contributed by atoms with Gasteiger partial charge in [-0.05, 0) is 62.0 Å². The van der Waals surface area contributed by atoms with Crippen LogP contribution in [0.5, 0.6) is 11.6 Å². The number of methoxy groups -OCH3 is 1. The van der Waals surface area contributed by atoms with Crippen molar-refractivity contribution < 1.29 is 37.4 Å². The average molecular weight is 629 g/mol. The van der Waals surface area contributed by atoms with E-state index >= 15 is 8.78 Å². The number of ether oxygens (including phenoxy) is 3. The number of rotatable bonds is 3. The van der Waals surface area contributed by atoms with E-state index in [1.54, 1.807) is 18.2 Å². The molecule has 2 aromatic rings. The molecular formula is C33H42F2N4O6. The number of nitrogens with zero attached hydrogens (tertiary/aromatic N) is 3. The predicted molar refractivity (Wildman–Crippen MR) is 160 cm³/mol. The van der Waals surface area contributed by atoms with Crippen LogP contribution >= 0.6 is 0 Å². The van der Waals surface area contributed by atoms with Crippen LogP contribution in [0.25, 0.3) is 11.0 Å². The Hall–Kier alpha value is -3.57. The minimum Gasteiger partial charge on any atom is -0.497 e. The summed E-state index contributed by atoms with van der Waals surface area (Å²) in [7, 11) is 1.50. The van der Waals surface area contributed by atoms with Crippen molar-refractivity contribution in [3.8, 4) is 11.6 Å². The lowest BCUT2D eigenvalue weighted by molar-refractivity contribution is -0.139. The van der Waals surface area contributed by atoms with E-state index in [2.05, 4.69) is 15.3 Å². The fourth-order valence-electron chi connectivity index (χ4n) is 7.11. The van der Waals surface area contributed by atoms with E-state index < -0.39 is 58.6 Å². The smallest absolute Gasteiger partial charge is 0.408 e. The summed E-state index contributed by atoms with van der Waals surface area (Å²) in [5.74, 6) is -4.04. The maximum Gasteiger partial charge on any atom is 0.408 e. The fraction of sp³-hybridized carbons (Fsp3) is 0.667. The monoisotopic (exact) mass is 628 g/mol. The Labute approximate surface area is 261 Å². The van der Waals surface area contributed by atoms with Crippen molar-refractivity contribution in [1.82, 2.24) is 20.2 Å². The average Bonchev–Trinajstić information content (AvgIpc) is 3.91. The molecule has 6 rings (SSSR count). The first kappa shape index (κ1) is 31.4. The van der Waals surface area contributed by atoms with Gasteiger partial charge in [0.15, 0.2) is 5.69 Å². The minimum absolute atomic E-state index is 0.0528. The molecule has 3 fully saturated rings. The molecule has 10 nitrogen and oxygen atoms in total. The van der Waals surface area contributed by atoms with Crippen molar-refractivity contribution in [1.29, 1.82) is 0 Å². The first-order valence-corrected chi connectivity index (χ1v) is 16.0. The predicted octanol–water partition coefficient (Wildman–Crippen LogP) is 5.41. The van der Waals surface area contributed by atoms with Gasteiger partial charge in [-0.2, -0.15) is 8.78 Å². The van der Waals surface area contributed by atoms with Crippen LogP contribution in [0.3, 0.4) is 0 Å². The zero-order valence-electron chi connectivity index (χ0n) is 26.5. The van der Waals surface area contributed by atoms with Gasteiger partial charge in [-0.3, -0.25) is 4.79 Å². The largest absolute Gasteiger partial charge is 0.497 e. The van der Waals surface area contributed by atoms with Gasteiger partial charge in [0.2, 0.25) is 11.8 Å². The summed E-state index contributed by atoms with van der Waals surface area (Å²) in [5, 5.41) is 2.77. The second kappa shape index (κ2) is 11.3. The van der Waals surface area contributed by atoms with Crippen molar-refractivity contribution in [2.45, 2.75) is 103 Å². The maximum absolute atomic E-state index is 16.7. The van der Waals surface area contributed by atoms with Gasteiger partial charge in [-0.1, -0.05) is 34.1 Å². The van der Waals surface area contributed by atoms with Crippen molar-refractivity contribution in [2.75, 3.05) is 13.7 Å². The Morgan fingerprint density at radius 3 is 2.51 bits per heavy atom. The van der Waals surface area contributed by atoms with Crippen molar-refractivity contribution in [3.63, 3.8) is 0 Å². The van der Waals surface area contributed by atoms with Gasteiger partial charge in [0.25, 0.3) is 0 Å². The molecule has 1 spiro atoms. The minimum atomic E-state index is -3.34. The summed E-state index contributed by atoms with van der Waals surface area (Å²) in [6.45, 7) is 7.26. The van der Waals surface area contributed by atoms with Crippen LogP contribution < -0.4 is 14.8 Å². The Bertz CT molecular complexity index is 1490. The van der Waals surface area contributed by atoms with Crippen LogP contribution in [0, 0.1) is 22.7 Å². The number of halogens is 2. The number of amides is 2. The van der Waals surface area contributed by atoms with Crippen LogP contribution in [0.1, 0.15) is 78.3 Å². The SMILES string of the molecule is CC[C@@H]1[C@@H]2CN(C(=O)[C@H](C(C)(C)C)NC(=O)O[C@@H]3C[C@H]3CCCC3(CC3)C(F)(F)c3nc4ccc(OC)cc4nc3O2)[C@@H]1C=O. The Kier molecular flexibility index (Phi) is 7.92. The van der Waals surface area contributed by atoms with Gasteiger partial charge >= 0.3 is 12.0 Å². The number of benzene rings is 1. The number of alkyl carbamates (subject to hydrolysis) is 1. The number of carbonyl (C=O) groups excluding carboxylic acids is 3. The molecule has 6 atom stereocenters. The highest BCUT2D eigenvalue weighted by Gasteiger charge is 2.64. The zero-order chi connectivity index (χ0) is 32.3. The highest BCUT2D eigenvalue weighted by Crippen LogP contribution is 2.65. The summed E-state index contributed by atoms with van der Waals surface area (Å²) < 4.78 is 50.7. The molecular weight excluding hydrogens is 586 g/mol. The Morgan fingerprint density at radius 2 is 1.87 bits per heavy atom. The third kappa shape index (κ3) is 5.69. The molecule has 1 N–H and O–H groups in total. The number of aldehydes is 1. The van der Waals surface area contributed by atoms with E-state index in [1.165, 1.54) is 12.0 Å². The number of hydrogen-bond donors (Lipinski definition) is 1. The molecule has 12 heteroatoms. The molecule has 3 heterocycles. The first-order valence-electron chi connectivity index (χ1n) is 16.0. The van der Waals surface area contributed by atoms with Crippen LogP contribution in [-0.2, 0) is 20.2 Å².